The summed E-state index contributed by atoms with van der Waals surface area (Å²) in [7, 11) is 0. The first-order valence-electron chi connectivity index (χ1n) is 7.06. The Labute approximate surface area is 120 Å². The van der Waals surface area contributed by atoms with Gasteiger partial charge in [0.15, 0.2) is 6.61 Å². The van der Waals surface area contributed by atoms with Gasteiger partial charge in [0.1, 0.15) is 0 Å². The lowest BCUT2D eigenvalue weighted by atomic mass is 10.0. The van der Waals surface area contributed by atoms with Crippen molar-refractivity contribution >= 4 is 11.9 Å². The van der Waals surface area contributed by atoms with Gasteiger partial charge in [-0.15, -0.1) is 0 Å². The Kier molecular flexibility index (Phi) is 7.40. The van der Waals surface area contributed by atoms with E-state index in [1.165, 1.54) is 31.8 Å². The fraction of sp³-hybridized carbons (Fsp3) is 0.500. The van der Waals surface area contributed by atoms with Gasteiger partial charge in [0.05, 0.1) is 0 Å². The molecule has 1 fully saturated rings. The third-order valence-electron chi connectivity index (χ3n) is 3.40. The van der Waals surface area contributed by atoms with Crippen LogP contribution in [-0.4, -0.2) is 18.5 Å². The summed E-state index contributed by atoms with van der Waals surface area (Å²) in [5.74, 6) is -0.0219. The van der Waals surface area contributed by atoms with E-state index >= 15 is 0 Å². The number of esters is 1. The minimum Gasteiger partial charge on any atom is -0.456 e. The van der Waals surface area contributed by atoms with Crippen LogP contribution in [-0.2, 0) is 14.3 Å². The number of allylic oxidation sites excluding steroid dienone is 3. The molecular formula is C16H23NO3. The van der Waals surface area contributed by atoms with Gasteiger partial charge in [0, 0.05) is 12.1 Å². The molecule has 0 atom stereocenters. The van der Waals surface area contributed by atoms with Crippen molar-refractivity contribution in [3.8, 4) is 0 Å². The molecule has 0 unspecified atom stereocenters. The largest absolute Gasteiger partial charge is 0.456 e. The van der Waals surface area contributed by atoms with E-state index in [1.54, 1.807) is 12.2 Å². The molecule has 1 N–H and O–H groups in total. The maximum absolute atomic E-state index is 11.5. The van der Waals surface area contributed by atoms with Crippen LogP contribution in [0, 0.1) is 5.92 Å². The van der Waals surface area contributed by atoms with Gasteiger partial charge in [-0.3, -0.25) is 9.59 Å². The van der Waals surface area contributed by atoms with Crippen molar-refractivity contribution in [2.75, 3.05) is 6.61 Å². The number of carbonyl (C=O) groups excluding carboxylic acids is 2. The van der Waals surface area contributed by atoms with Gasteiger partial charge in [-0.25, -0.2) is 0 Å². The van der Waals surface area contributed by atoms with Crippen LogP contribution in [0.1, 0.15) is 38.5 Å². The zero-order valence-corrected chi connectivity index (χ0v) is 11.9. The molecule has 0 aromatic carbocycles. The van der Waals surface area contributed by atoms with Crippen LogP contribution < -0.4 is 5.32 Å². The molecule has 0 heterocycles. The smallest absolute Gasteiger partial charge is 0.306 e. The van der Waals surface area contributed by atoms with Gasteiger partial charge < -0.3 is 10.1 Å². The average Bonchev–Trinajstić information content (AvgIpc) is 2.95. The quantitative estimate of drug-likeness (QED) is 0.548. The van der Waals surface area contributed by atoms with Crippen LogP contribution in [0.5, 0.6) is 0 Å². The predicted molar refractivity (Wildman–Crippen MR) is 78.8 cm³/mol. The molecule has 1 aliphatic rings. The van der Waals surface area contributed by atoms with Crippen LogP contribution in [0.3, 0.4) is 0 Å². The monoisotopic (exact) mass is 277 g/mol. The van der Waals surface area contributed by atoms with Crippen molar-refractivity contribution in [3.63, 3.8) is 0 Å². The second-order valence-corrected chi connectivity index (χ2v) is 4.96. The number of nitrogens with one attached hydrogen (secondary N) is 1. The summed E-state index contributed by atoms with van der Waals surface area (Å²) in [6, 6.07) is 0. The first-order valence-corrected chi connectivity index (χ1v) is 7.06. The Morgan fingerprint density at radius 3 is 2.55 bits per heavy atom. The molecule has 1 aliphatic carbocycles. The molecule has 0 saturated heterocycles. The predicted octanol–water partition coefficient (Wildman–Crippen LogP) is 2.87. The lowest BCUT2D eigenvalue weighted by Gasteiger charge is -2.09. The number of hydrogen-bond donors (Lipinski definition) is 1. The molecule has 110 valence electrons. The van der Waals surface area contributed by atoms with E-state index in [0.29, 0.717) is 18.0 Å². The van der Waals surface area contributed by atoms with Gasteiger partial charge in [-0.05, 0) is 24.5 Å². The summed E-state index contributed by atoms with van der Waals surface area (Å²) in [5.41, 5.74) is 0.534. The Morgan fingerprint density at radius 2 is 1.95 bits per heavy atom. The van der Waals surface area contributed by atoms with E-state index in [1.807, 2.05) is 0 Å². The third-order valence-corrected chi connectivity index (χ3v) is 3.40. The van der Waals surface area contributed by atoms with Gasteiger partial charge in [0.25, 0.3) is 5.91 Å². The highest BCUT2D eigenvalue weighted by molar-refractivity contribution is 5.82. The fourth-order valence-electron chi connectivity index (χ4n) is 2.32. The van der Waals surface area contributed by atoms with Crippen LogP contribution in [0.15, 0.2) is 37.1 Å². The number of amides is 1. The minimum atomic E-state index is -0.368. The first kappa shape index (κ1) is 16.2. The molecular weight excluding hydrogens is 254 g/mol. The highest BCUT2D eigenvalue weighted by Crippen LogP contribution is 2.28. The standard InChI is InChI=1S/C16H23NO3/c1-3-7-14(4-2)17-15(18)12-20-16(19)11-10-13-8-5-6-9-13/h3-4,7,13H,1-2,5-6,8-12H2,(H,17,18)/b14-7+. The van der Waals surface area contributed by atoms with E-state index in [9.17, 15) is 9.59 Å². The topological polar surface area (TPSA) is 55.4 Å². The van der Waals surface area contributed by atoms with E-state index in [0.717, 1.165) is 6.42 Å². The average molecular weight is 277 g/mol. The van der Waals surface area contributed by atoms with Crippen molar-refractivity contribution in [1.29, 1.82) is 0 Å². The normalized spacial score (nSPS) is 15.7. The van der Waals surface area contributed by atoms with Gasteiger partial charge in [-0.2, -0.15) is 0 Å². The molecule has 1 rings (SSSR count). The molecule has 1 saturated carbocycles. The fourth-order valence-corrected chi connectivity index (χ4v) is 2.32. The number of carbonyl (C=O) groups is 2. The summed E-state index contributed by atoms with van der Waals surface area (Å²) < 4.78 is 4.95. The molecule has 4 heteroatoms. The maximum atomic E-state index is 11.5. The Balaban J connectivity index is 2.19. The number of rotatable bonds is 8. The van der Waals surface area contributed by atoms with Gasteiger partial charge >= 0.3 is 5.97 Å². The van der Waals surface area contributed by atoms with Crippen molar-refractivity contribution < 1.29 is 14.3 Å². The molecule has 0 bridgehead atoms. The molecule has 20 heavy (non-hydrogen) atoms. The lowest BCUT2D eigenvalue weighted by molar-refractivity contribution is -0.148. The summed E-state index contributed by atoms with van der Waals surface area (Å²) in [5, 5.41) is 2.58. The van der Waals surface area contributed by atoms with E-state index < -0.39 is 0 Å². The summed E-state index contributed by atoms with van der Waals surface area (Å²) >= 11 is 0. The van der Waals surface area contributed by atoms with E-state index in [-0.39, 0.29) is 18.5 Å². The summed E-state index contributed by atoms with van der Waals surface area (Å²) in [6.45, 7) is 6.84. The Hall–Kier alpha value is -1.84. The molecule has 0 radical (unpaired) electrons. The van der Waals surface area contributed by atoms with Crippen LogP contribution in [0.25, 0.3) is 0 Å². The molecule has 4 nitrogen and oxygen atoms in total. The molecule has 0 aromatic rings. The van der Waals surface area contributed by atoms with Crippen LogP contribution in [0.4, 0.5) is 0 Å². The zero-order valence-electron chi connectivity index (χ0n) is 11.9. The van der Waals surface area contributed by atoms with Gasteiger partial charge in [0.2, 0.25) is 0 Å². The third kappa shape index (κ3) is 6.36. The highest BCUT2D eigenvalue weighted by Gasteiger charge is 2.17. The highest BCUT2D eigenvalue weighted by atomic mass is 16.5. The summed E-state index contributed by atoms with van der Waals surface area (Å²) in [6.07, 6.45) is 10.9. The van der Waals surface area contributed by atoms with E-state index in [4.69, 9.17) is 4.74 Å². The first-order chi connectivity index (χ1) is 9.65. The maximum Gasteiger partial charge on any atom is 0.306 e. The zero-order chi connectivity index (χ0) is 14.8. The van der Waals surface area contributed by atoms with E-state index in [2.05, 4.69) is 18.5 Å². The van der Waals surface area contributed by atoms with Gasteiger partial charge in [-0.1, -0.05) is 44.9 Å². The molecule has 0 aromatic heterocycles. The van der Waals surface area contributed by atoms with Crippen LogP contribution >= 0.6 is 0 Å². The van der Waals surface area contributed by atoms with Crippen molar-refractivity contribution in [2.24, 2.45) is 5.92 Å². The van der Waals surface area contributed by atoms with Crippen molar-refractivity contribution in [1.82, 2.24) is 5.32 Å². The lowest BCUT2D eigenvalue weighted by Crippen LogP contribution is -2.27. The van der Waals surface area contributed by atoms with Crippen LogP contribution in [0.2, 0.25) is 0 Å². The van der Waals surface area contributed by atoms with Crippen molar-refractivity contribution in [2.45, 2.75) is 38.5 Å². The summed E-state index contributed by atoms with van der Waals surface area (Å²) in [4.78, 5) is 23.1. The number of ether oxygens (including phenoxy) is 1. The second kappa shape index (κ2) is 9.13. The van der Waals surface area contributed by atoms with Crippen molar-refractivity contribution in [3.05, 3.63) is 37.1 Å². The molecule has 0 aliphatic heterocycles. The molecule has 0 spiro atoms. The SMILES string of the molecule is C=C/C=C(\C=C)NC(=O)COC(=O)CCC1CCCC1. The molecule has 1 amide bonds. The number of hydrogen-bond acceptors (Lipinski definition) is 3. The Morgan fingerprint density at radius 1 is 1.25 bits per heavy atom. The minimum absolute atomic E-state index is 0.258. The Bertz CT molecular complexity index is 393. The second-order valence-electron chi connectivity index (χ2n) is 4.96.